The molecule has 0 radical (unpaired) electrons. The summed E-state index contributed by atoms with van der Waals surface area (Å²) in [6.45, 7) is 6.32. The first-order chi connectivity index (χ1) is 37.0. The van der Waals surface area contributed by atoms with Crippen LogP contribution in [-0.4, -0.2) is 37.2 Å². The zero-order valence-corrected chi connectivity index (χ0v) is 48.0. The molecule has 0 amide bonds. The number of rotatable bonds is 52. The number of carbonyl (C=O) groups is 3. The topological polar surface area (TPSA) is 78.9 Å². The average molecular weight is 1030 g/mol. The number of hydrogen-bond donors (Lipinski definition) is 0. The van der Waals surface area contributed by atoms with Crippen LogP contribution < -0.4 is 0 Å². The van der Waals surface area contributed by atoms with Crippen LogP contribution in [0.5, 0.6) is 0 Å². The fourth-order valence-electron chi connectivity index (χ4n) is 7.51. The number of esters is 3. The molecule has 0 aliphatic heterocycles. The molecule has 1 unspecified atom stereocenters. The van der Waals surface area contributed by atoms with E-state index in [1.807, 2.05) is 0 Å². The Bertz CT molecular complexity index is 1710. The lowest BCUT2D eigenvalue weighted by Gasteiger charge is -2.18. The van der Waals surface area contributed by atoms with Crippen molar-refractivity contribution in [3.8, 4) is 0 Å². The fraction of sp³-hybridized carbons (Fsp3) is 0.580. The minimum Gasteiger partial charge on any atom is -0.462 e. The third-order valence-corrected chi connectivity index (χ3v) is 11.9. The molecule has 6 heteroatoms. The Morgan fingerprint density at radius 3 is 0.827 bits per heavy atom. The predicted octanol–water partition coefficient (Wildman–Crippen LogP) is 20.5. The Hall–Kier alpha value is -4.97. The van der Waals surface area contributed by atoms with Crippen LogP contribution in [0.4, 0.5) is 0 Å². The molecule has 0 aromatic heterocycles. The normalized spacial score (nSPS) is 13.3. The number of allylic oxidation sites excluding steroid dienone is 26. The van der Waals surface area contributed by atoms with Gasteiger partial charge >= 0.3 is 17.9 Å². The molecule has 0 N–H and O–H groups in total. The van der Waals surface area contributed by atoms with Crippen molar-refractivity contribution in [2.45, 2.75) is 245 Å². The summed E-state index contributed by atoms with van der Waals surface area (Å²) in [5.41, 5.74) is 0. The Kier molecular flexibility index (Phi) is 57.5. The standard InChI is InChI=1S/C69H108O6/c1-4-7-10-13-16-19-22-25-26-27-28-29-30-31-32-33-34-35-36-37-38-39-40-41-42-45-47-50-53-56-59-62-68(71)74-65-66(75-69(72)63-60-57-54-51-48-44-24-21-18-15-12-9-6-3)64-73-67(70)61-58-55-52-49-46-43-23-20-17-14-11-8-5-2/h7,10-12,14-16,19-21,23-26,28-29,31-32,34-35,37-38,40-41,45,47,66H,4-6,8-9,13,17-18,22,27,30,33,36,39,42-44,46,48-65H2,1-3H3/b10-7-,14-11-,15-12-,19-16-,23-20-,24-21-,26-25-,29-28-,32-31-,35-34-,38-37-,41-40-,47-45-. The molecule has 75 heavy (non-hydrogen) atoms. The van der Waals surface area contributed by atoms with Gasteiger partial charge in [0.2, 0.25) is 0 Å². The maximum Gasteiger partial charge on any atom is 0.306 e. The van der Waals surface area contributed by atoms with Crippen molar-refractivity contribution in [2.24, 2.45) is 0 Å². The van der Waals surface area contributed by atoms with E-state index in [9.17, 15) is 14.4 Å². The van der Waals surface area contributed by atoms with Crippen molar-refractivity contribution < 1.29 is 28.6 Å². The molecule has 0 aliphatic carbocycles. The second kappa shape index (κ2) is 61.6. The smallest absolute Gasteiger partial charge is 0.306 e. The van der Waals surface area contributed by atoms with Crippen molar-refractivity contribution >= 4 is 17.9 Å². The third kappa shape index (κ3) is 59.8. The van der Waals surface area contributed by atoms with Crippen LogP contribution in [0.15, 0.2) is 158 Å². The van der Waals surface area contributed by atoms with E-state index in [0.717, 1.165) is 186 Å². The number of unbranched alkanes of at least 4 members (excludes halogenated alkanes) is 15. The van der Waals surface area contributed by atoms with Crippen molar-refractivity contribution in [1.29, 1.82) is 0 Å². The van der Waals surface area contributed by atoms with Gasteiger partial charge in [-0.2, -0.15) is 0 Å². The second-order valence-corrected chi connectivity index (χ2v) is 19.2. The highest BCUT2D eigenvalue weighted by Crippen LogP contribution is 2.13. The summed E-state index contributed by atoms with van der Waals surface area (Å²) in [6, 6.07) is 0. The summed E-state index contributed by atoms with van der Waals surface area (Å²) in [5, 5.41) is 0. The first kappa shape index (κ1) is 70.0. The van der Waals surface area contributed by atoms with Gasteiger partial charge in [-0.3, -0.25) is 14.4 Å². The summed E-state index contributed by atoms with van der Waals surface area (Å²) in [4.78, 5) is 38.1. The molecule has 420 valence electrons. The molecule has 6 nitrogen and oxygen atoms in total. The van der Waals surface area contributed by atoms with Gasteiger partial charge in [0.05, 0.1) is 0 Å². The first-order valence-corrected chi connectivity index (χ1v) is 30.0. The molecular weight excluding hydrogens is 925 g/mol. The number of hydrogen-bond acceptors (Lipinski definition) is 6. The molecule has 0 bridgehead atoms. The van der Waals surface area contributed by atoms with Gasteiger partial charge in [0.1, 0.15) is 13.2 Å². The molecule has 0 fully saturated rings. The Balaban J connectivity index is 4.38. The highest BCUT2D eigenvalue weighted by molar-refractivity contribution is 5.71. The van der Waals surface area contributed by atoms with Gasteiger partial charge in [0.15, 0.2) is 6.10 Å². The monoisotopic (exact) mass is 1030 g/mol. The van der Waals surface area contributed by atoms with Crippen LogP contribution in [0.25, 0.3) is 0 Å². The Labute approximate surface area is 460 Å². The van der Waals surface area contributed by atoms with E-state index in [1.165, 1.54) is 12.8 Å². The van der Waals surface area contributed by atoms with Crippen LogP contribution >= 0.6 is 0 Å². The van der Waals surface area contributed by atoms with Gasteiger partial charge in [-0.25, -0.2) is 0 Å². The summed E-state index contributed by atoms with van der Waals surface area (Å²) in [6.07, 6.45) is 89.6. The minimum absolute atomic E-state index is 0.108. The van der Waals surface area contributed by atoms with Crippen molar-refractivity contribution in [3.63, 3.8) is 0 Å². The number of carbonyl (C=O) groups excluding carboxylic acids is 3. The molecule has 0 aliphatic rings. The zero-order chi connectivity index (χ0) is 54.3. The van der Waals surface area contributed by atoms with Crippen molar-refractivity contribution in [3.05, 3.63) is 158 Å². The van der Waals surface area contributed by atoms with E-state index in [0.29, 0.717) is 19.3 Å². The largest absolute Gasteiger partial charge is 0.462 e. The SMILES string of the molecule is CC/C=C\C/C=C\C/C=C\C/C=C\C/C=C\C/C=C\C/C=C\C/C=C\C/C=C\CCCCCC(=O)OCC(COC(=O)CCCCCCC/C=C\C/C=C\CCC)OC(=O)CCCCCCC/C=C\C/C=C\CCC. The molecule has 0 spiro atoms. The molecule has 0 aromatic rings. The van der Waals surface area contributed by atoms with E-state index >= 15 is 0 Å². The van der Waals surface area contributed by atoms with Crippen molar-refractivity contribution in [2.75, 3.05) is 13.2 Å². The van der Waals surface area contributed by atoms with Crippen LogP contribution in [0, 0.1) is 0 Å². The minimum atomic E-state index is -0.812. The van der Waals surface area contributed by atoms with Gasteiger partial charge in [0.25, 0.3) is 0 Å². The van der Waals surface area contributed by atoms with Crippen LogP contribution in [0.3, 0.4) is 0 Å². The van der Waals surface area contributed by atoms with Gasteiger partial charge in [-0.05, 0) is 141 Å². The summed E-state index contributed by atoms with van der Waals surface area (Å²) < 4.78 is 16.8. The molecule has 0 heterocycles. The summed E-state index contributed by atoms with van der Waals surface area (Å²) >= 11 is 0. The summed E-state index contributed by atoms with van der Waals surface area (Å²) in [5.74, 6) is -0.978. The highest BCUT2D eigenvalue weighted by Gasteiger charge is 2.19. The Morgan fingerprint density at radius 2 is 0.520 bits per heavy atom. The zero-order valence-electron chi connectivity index (χ0n) is 48.0. The molecule has 0 rings (SSSR count). The molecule has 1 atom stereocenters. The predicted molar refractivity (Wildman–Crippen MR) is 325 cm³/mol. The molecule has 0 aromatic carbocycles. The quantitative estimate of drug-likeness (QED) is 0.0261. The molecule has 0 saturated heterocycles. The molecular formula is C69H108O6. The van der Waals surface area contributed by atoms with E-state index < -0.39 is 6.10 Å². The van der Waals surface area contributed by atoms with Gasteiger partial charge in [-0.1, -0.05) is 237 Å². The van der Waals surface area contributed by atoms with Crippen molar-refractivity contribution in [1.82, 2.24) is 0 Å². The number of ether oxygens (including phenoxy) is 3. The van der Waals surface area contributed by atoms with Crippen LogP contribution in [0.2, 0.25) is 0 Å². The van der Waals surface area contributed by atoms with Crippen LogP contribution in [0.1, 0.15) is 239 Å². The lowest BCUT2D eigenvalue weighted by molar-refractivity contribution is -0.167. The molecule has 0 saturated carbocycles. The lowest BCUT2D eigenvalue weighted by Crippen LogP contribution is -2.30. The van der Waals surface area contributed by atoms with E-state index in [2.05, 4.69) is 179 Å². The second-order valence-electron chi connectivity index (χ2n) is 19.2. The van der Waals surface area contributed by atoms with E-state index in [-0.39, 0.29) is 31.1 Å². The van der Waals surface area contributed by atoms with E-state index in [4.69, 9.17) is 14.2 Å². The maximum absolute atomic E-state index is 12.8. The average Bonchev–Trinajstić information content (AvgIpc) is 3.41. The maximum atomic E-state index is 12.8. The summed E-state index contributed by atoms with van der Waals surface area (Å²) in [7, 11) is 0. The third-order valence-electron chi connectivity index (χ3n) is 11.9. The van der Waals surface area contributed by atoms with Crippen LogP contribution in [-0.2, 0) is 28.6 Å². The fourth-order valence-corrected chi connectivity index (χ4v) is 7.51. The van der Waals surface area contributed by atoms with Gasteiger partial charge < -0.3 is 14.2 Å². The van der Waals surface area contributed by atoms with E-state index in [1.54, 1.807) is 0 Å². The highest BCUT2D eigenvalue weighted by atomic mass is 16.6. The van der Waals surface area contributed by atoms with Gasteiger partial charge in [-0.15, -0.1) is 0 Å². The first-order valence-electron chi connectivity index (χ1n) is 30.0. The lowest BCUT2D eigenvalue weighted by atomic mass is 10.1. The van der Waals surface area contributed by atoms with Gasteiger partial charge in [0, 0.05) is 19.3 Å². The Morgan fingerprint density at radius 1 is 0.280 bits per heavy atom.